The zero-order chi connectivity index (χ0) is 14.7. The zero-order valence-corrected chi connectivity index (χ0v) is 12.3. The third kappa shape index (κ3) is 3.16. The van der Waals surface area contributed by atoms with Gasteiger partial charge in [-0.3, -0.25) is 0 Å². The van der Waals surface area contributed by atoms with Gasteiger partial charge in [-0.1, -0.05) is 28.1 Å². The number of aliphatic hydroxyl groups is 1. The SMILES string of the molecule is COc1cccc(F)c1C(O)Cc1ccc(F)cc1Br. The van der Waals surface area contributed by atoms with E-state index in [0.717, 1.165) is 0 Å². The Morgan fingerprint density at radius 1 is 1.25 bits per heavy atom. The molecule has 0 aliphatic carbocycles. The molecule has 0 saturated heterocycles. The van der Waals surface area contributed by atoms with Crippen LogP contribution in [-0.4, -0.2) is 12.2 Å². The Hall–Kier alpha value is -1.46. The molecular formula is C15H13BrF2O2. The van der Waals surface area contributed by atoms with Crippen molar-refractivity contribution in [3.63, 3.8) is 0 Å². The monoisotopic (exact) mass is 342 g/mol. The Balaban J connectivity index is 2.30. The quantitative estimate of drug-likeness (QED) is 0.909. The molecule has 0 aliphatic heterocycles. The molecule has 20 heavy (non-hydrogen) atoms. The lowest BCUT2D eigenvalue weighted by molar-refractivity contribution is 0.168. The van der Waals surface area contributed by atoms with Crippen molar-refractivity contribution in [3.05, 3.63) is 63.6 Å². The molecular weight excluding hydrogens is 330 g/mol. The van der Waals surface area contributed by atoms with Crippen molar-refractivity contribution in [3.8, 4) is 5.75 Å². The van der Waals surface area contributed by atoms with Gasteiger partial charge in [-0.25, -0.2) is 8.78 Å². The van der Waals surface area contributed by atoms with Gasteiger partial charge in [-0.2, -0.15) is 0 Å². The maximum Gasteiger partial charge on any atom is 0.132 e. The van der Waals surface area contributed by atoms with Gasteiger partial charge < -0.3 is 9.84 Å². The summed E-state index contributed by atoms with van der Waals surface area (Å²) in [5.41, 5.74) is 0.787. The Labute approximate surface area is 124 Å². The highest BCUT2D eigenvalue weighted by Gasteiger charge is 2.19. The average Bonchev–Trinajstić information content (AvgIpc) is 2.41. The molecule has 0 saturated carbocycles. The van der Waals surface area contributed by atoms with Crippen LogP contribution in [0.5, 0.6) is 5.75 Å². The number of rotatable bonds is 4. The van der Waals surface area contributed by atoms with Crippen molar-refractivity contribution in [2.45, 2.75) is 12.5 Å². The minimum atomic E-state index is -1.08. The second kappa shape index (κ2) is 6.33. The number of halogens is 3. The van der Waals surface area contributed by atoms with Gasteiger partial charge in [-0.05, 0) is 29.8 Å². The van der Waals surface area contributed by atoms with Gasteiger partial charge in [0.2, 0.25) is 0 Å². The fourth-order valence-corrected chi connectivity index (χ4v) is 2.53. The summed E-state index contributed by atoms with van der Waals surface area (Å²) in [6.45, 7) is 0. The standard InChI is InChI=1S/C15H13BrF2O2/c1-20-14-4-2-3-12(18)15(14)13(19)7-9-5-6-10(17)8-11(9)16/h2-6,8,13,19H,7H2,1H3. The summed E-state index contributed by atoms with van der Waals surface area (Å²) in [7, 11) is 1.42. The molecule has 0 fully saturated rings. The van der Waals surface area contributed by atoms with Crippen molar-refractivity contribution in [1.29, 1.82) is 0 Å². The highest BCUT2D eigenvalue weighted by molar-refractivity contribution is 9.10. The van der Waals surface area contributed by atoms with Crippen LogP contribution in [0.4, 0.5) is 8.78 Å². The number of methoxy groups -OCH3 is 1. The van der Waals surface area contributed by atoms with Gasteiger partial charge in [0.1, 0.15) is 17.4 Å². The fourth-order valence-electron chi connectivity index (χ4n) is 2.02. The fraction of sp³-hybridized carbons (Fsp3) is 0.200. The van der Waals surface area contributed by atoms with Crippen molar-refractivity contribution < 1.29 is 18.6 Å². The lowest BCUT2D eigenvalue weighted by atomic mass is 10.00. The first-order chi connectivity index (χ1) is 9.52. The minimum Gasteiger partial charge on any atom is -0.496 e. The first-order valence-electron chi connectivity index (χ1n) is 5.97. The van der Waals surface area contributed by atoms with Crippen LogP contribution >= 0.6 is 15.9 Å². The molecule has 1 unspecified atom stereocenters. The molecule has 2 aromatic rings. The van der Waals surface area contributed by atoms with Crippen LogP contribution in [0.3, 0.4) is 0 Å². The highest BCUT2D eigenvalue weighted by atomic mass is 79.9. The summed E-state index contributed by atoms with van der Waals surface area (Å²) >= 11 is 3.23. The van der Waals surface area contributed by atoms with E-state index in [1.165, 1.54) is 31.4 Å². The summed E-state index contributed by atoms with van der Waals surface area (Å²) in [4.78, 5) is 0. The van der Waals surface area contributed by atoms with E-state index in [9.17, 15) is 13.9 Å². The summed E-state index contributed by atoms with van der Waals surface area (Å²) in [5.74, 6) is -0.621. The van der Waals surface area contributed by atoms with Gasteiger partial charge in [0.15, 0.2) is 0 Å². The largest absolute Gasteiger partial charge is 0.496 e. The molecule has 0 bridgehead atoms. The molecule has 5 heteroatoms. The molecule has 2 aromatic carbocycles. The topological polar surface area (TPSA) is 29.5 Å². The lowest BCUT2D eigenvalue weighted by Gasteiger charge is -2.16. The van der Waals surface area contributed by atoms with Gasteiger partial charge in [-0.15, -0.1) is 0 Å². The molecule has 0 radical (unpaired) electrons. The van der Waals surface area contributed by atoms with E-state index >= 15 is 0 Å². The molecule has 0 spiro atoms. The van der Waals surface area contributed by atoms with Crippen LogP contribution in [0, 0.1) is 11.6 Å². The maximum absolute atomic E-state index is 13.8. The van der Waals surface area contributed by atoms with Gasteiger partial charge in [0.25, 0.3) is 0 Å². The average molecular weight is 343 g/mol. The minimum absolute atomic E-state index is 0.103. The van der Waals surface area contributed by atoms with Crippen LogP contribution in [-0.2, 0) is 6.42 Å². The first-order valence-corrected chi connectivity index (χ1v) is 6.76. The van der Waals surface area contributed by atoms with Gasteiger partial charge in [0, 0.05) is 10.9 Å². The Kier molecular flexibility index (Phi) is 4.73. The molecule has 0 heterocycles. The van der Waals surface area contributed by atoms with E-state index in [0.29, 0.717) is 10.0 Å². The number of ether oxygens (including phenoxy) is 1. The lowest BCUT2D eigenvalue weighted by Crippen LogP contribution is -2.07. The van der Waals surface area contributed by atoms with Crippen molar-refractivity contribution in [2.24, 2.45) is 0 Å². The molecule has 0 amide bonds. The van der Waals surface area contributed by atoms with E-state index in [-0.39, 0.29) is 23.6 Å². The van der Waals surface area contributed by atoms with E-state index in [2.05, 4.69) is 15.9 Å². The van der Waals surface area contributed by atoms with E-state index < -0.39 is 11.9 Å². The van der Waals surface area contributed by atoms with Crippen LogP contribution in [0.25, 0.3) is 0 Å². The van der Waals surface area contributed by atoms with Gasteiger partial charge >= 0.3 is 0 Å². The predicted molar refractivity (Wildman–Crippen MR) is 75.7 cm³/mol. The van der Waals surface area contributed by atoms with Crippen LogP contribution < -0.4 is 4.74 Å². The Morgan fingerprint density at radius 2 is 2.00 bits per heavy atom. The third-order valence-corrected chi connectivity index (χ3v) is 3.73. The van der Waals surface area contributed by atoms with Crippen molar-refractivity contribution >= 4 is 15.9 Å². The third-order valence-electron chi connectivity index (χ3n) is 2.99. The van der Waals surface area contributed by atoms with E-state index in [1.54, 1.807) is 12.1 Å². The molecule has 0 aromatic heterocycles. The Morgan fingerprint density at radius 3 is 2.65 bits per heavy atom. The second-order valence-corrected chi connectivity index (χ2v) is 5.17. The molecule has 106 valence electrons. The van der Waals surface area contributed by atoms with E-state index in [1.807, 2.05) is 0 Å². The van der Waals surface area contributed by atoms with Crippen molar-refractivity contribution in [2.75, 3.05) is 7.11 Å². The van der Waals surface area contributed by atoms with E-state index in [4.69, 9.17) is 4.74 Å². The number of hydrogen-bond acceptors (Lipinski definition) is 2. The maximum atomic E-state index is 13.8. The predicted octanol–water partition coefficient (Wildman–Crippen LogP) is 4.01. The Bertz CT molecular complexity index is 617. The molecule has 1 atom stereocenters. The molecule has 1 N–H and O–H groups in total. The van der Waals surface area contributed by atoms with Gasteiger partial charge in [0.05, 0.1) is 18.8 Å². The summed E-state index contributed by atoms with van der Waals surface area (Å²) in [6.07, 6.45) is -0.925. The summed E-state index contributed by atoms with van der Waals surface area (Å²) in [6, 6.07) is 8.52. The molecule has 2 rings (SSSR count). The smallest absolute Gasteiger partial charge is 0.132 e. The van der Waals surface area contributed by atoms with Crippen molar-refractivity contribution in [1.82, 2.24) is 0 Å². The summed E-state index contributed by atoms with van der Waals surface area (Å²) in [5, 5.41) is 10.2. The normalized spacial score (nSPS) is 12.2. The number of aliphatic hydroxyl groups excluding tert-OH is 1. The molecule has 2 nitrogen and oxygen atoms in total. The van der Waals surface area contributed by atoms with Crippen LogP contribution in [0.2, 0.25) is 0 Å². The number of hydrogen-bond donors (Lipinski definition) is 1. The molecule has 0 aliphatic rings. The summed E-state index contributed by atoms with van der Waals surface area (Å²) < 4.78 is 32.5. The first kappa shape index (κ1) is 14.9. The zero-order valence-electron chi connectivity index (χ0n) is 10.7. The highest BCUT2D eigenvalue weighted by Crippen LogP contribution is 2.31. The second-order valence-electron chi connectivity index (χ2n) is 4.31. The number of benzene rings is 2. The van der Waals surface area contributed by atoms with Crippen LogP contribution in [0.15, 0.2) is 40.9 Å². The van der Waals surface area contributed by atoms with Crippen LogP contribution in [0.1, 0.15) is 17.2 Å².